The van der Waals surface area contributed by atoms with Crippen molar-refractivity contribution in [1.82, 2.24) is 4.31 Å². The number of carbonyl (C=O) groups is 1. The highest BCUT2D eigenvalue weighted by molar-refractivity contribution is 7.89. The molecule has 29 heavy (non-hydrogen) atoms. The van der Waals surface area contributed by atoms with Crippen LogP contribution in [-0.2, 0) is 21.4 Å². The van der Waals surface area contributed by atoms with Crippen LogP contribution in [0.2, 0.25) is 0 Å². The highest BCUT2D eigenvalue weighted by Crippen LogP contribution is 2.27. The van der Waals surface area contributed by atoms with Crippen LogP contribution in [0, 0.1) is 11.8 Å². The quantitative estimate of drug-likeness (QED) is 0.778. The van der Waals surface area contributed by atoms with Crippen molar-refractivity contribution in [2.24, 2.45) is 11.8 Å². The second-order valence-corrected chi connectivity index (χ2v) is 9.81. The van der Waals surface area contributed by atoms with Crippen molar-refractivity contribution >= 4 is 21.6 Å². The van der Waals surface area contributed by atoms with E-state index in [1.165, 1.54) is 0 Å². The molecule has 0 unspecified atom stereocenters. The molecule has 3 rings (SSSR count). The SMILES string of the molecule is COCc1ccc(C(=O)Nc2ccc(S(=O)(=O)N3C[C@@H](C)C[C@H](C)C3)cc2)cc1. The zero-order chi connectivity index (χ0) is 21.0. The molecule has 0 aliphatic carbocycles. The Labute approximate surface area is 172 Å². The third kappa shape index (κ3) is 5.23. The van der Waals surface area contributed by atoms with Crippen LogP contribution in [0.3, 0.4) is 0 Å². The van der Waals surface area contributed by atoms with Crippen molar-refractivity contribution < 1.29 is 17.9 Å². The van der Waals surface area contributed by atoms with Crippen LogP contribution in [0.5, 0.6) is 0 Å². The van der Waals surface area contributed by atoms with Crippen molar-refractivity contribution in [3.05, 3.63) is 59.7 Å². The van der Waals surface area contributed by atoms with Crippen molar-refractivity contribution in [1.29, 1.82) is 0 Å². The Morgan fingerprint density at radius 3 is 2.17 bits per heavy atom. The van der Waals surface area contributed by atoms with Gasteiger partial charge in [-0.15, -0.1) is 0 Å². The normalized spacial score (nSPS) is 20.4. The van der Waals surface area contributed by atoms with Gasteiger partial charge in [0.2, 0.25) is 10.0 Å². The summed E-state index contributed by atoms with van der Waals surface area (Å²) in [4.78, 5) is 12.7. The summed E-state index contributed by atoms with van der Waals surface area (Å²) in [6.45, 7) is 5.75. The number of benzene rings is 2. The second-order valence-electron chi connectivity index (χ2n) is 7.88. The molecule has 0 bridgehead atoms. The number of piperidine rings is 1. The number of hydrogen-bond donors (Lipinski definition) is 1. The summed E-state index contributed by atoms with van der Waals surface area (Å²) < 4.78 is 32.5. The van der Waals surface area contributed by atoms with Crippen molar-refractivity contribution in [3.8, 4) is 0 Å². The first-order chi connectivity index (χ1) is 13.8. The Balaban J connectivity index is 1.68. The predicted molar refractivity (Wildman–Crippen MR) is 113 cm³/mol. The number of ether oxygens (including phenoxy) is 1. The molecule has 1 amide bonds. The summed E-state index contributed by atoms with van der Waals surface area (Å²) in [5.41, 5.74) is 2.06. The van der Waals surface area contributed by atoms with Gasteiger partial charge in [-0.25, -0.2) is 8.42 Å². The average molecular weight is 417 g/mol. The molecule has 6 nitrogen and oxygen atoms in total. The minimum atomic E-state index is -3.53. The van der Waals surface area contributed by atoms with E-state index in [-0.39, 0.29) is 10.8 Å². The van der Waals surface area contributed by atoms with Gasteiger partial charge in [0.05, 0.1) is 11.5 Å². The molecular formula is C22H28N2O4S. The van der Waals surface area contributed by atoms with E-state index in [4.69, 9.17) is 4.74 Å². The number of anilines is 1. The molecule has 2 atom stereocenters. The molecule has 0 saturated carbocycles. The fourth-order valence-electron chi connectivity index (χ4n) is 3.78. The van der Waals surface area contributed by atoms with E-state index >= 15 is 0 Å². The zero-order valence-corrected chi connectivity index (χ0v) is 17.9. The van der Waals surface area contributed by atoms with Crippen LogP contribution in [0.4, 0.5) is 5.69 Å². The summed E-state index contributed by atoms with van der Waals surface area (Å²) in [5, 5.41) is 2.80. The van der Waals surface area contributed by atoms with Gasteiger partial charge in [-0.05, 0) is 60.2 Å². The van der Waals surface area contributed by atoms with Gasteiger partial charge in [-0.2, -0.15) is 4.31 Å². The third-order valence-electron chi connectivity index (χ3n) is 5.11. The molecule has 7 heteroatoms. The van der Waals surface area contributed by atoms with Gasteiger partial charge in [0.25, 0.3) is 5.91 Å². The molecular weight excluding hydrogens is 388 g/mol. The largest absolute Gasteiger partial charge is 0.380 e. The fraction of sp³-hybridized carbons (Fsp3) is 0.409. The summed E-state index contributed by atoms with van der Waals surface area (Å²) >= 11 is 0. The molecule has 1 saturated heterocycles. The Hall–Kier alpha value is -2.22. The number of methoxy groups -OCH3 is 1. The van der Waals surface area contributed by atoms with Crippen molar-refractivity contribution in [2.45, 2.75) is 31.8 Å². The lowest BCUT2D eigenvalue weighted by Gasteiger charge is -2.34. The Kier molecular flexibility index (Phi) is 6.72. The molecule has 1 heterocycles. The molecule has 2 aromatic carbocycles. The standard InChI is InChI=1S/C22H28N2O4S/c1-16-12-17(2)14-24(13-16)29(26,27)21-10-8-20(9-11-21)23-22(25)19-6-4-18(5-7-19)15-28-3/h4-11,16-17H,12-15H2,1-3H3,(H,23,25)/t16-,17-/m0/s1. The van der Waals surface area contributed by atoms with E-state index in [0.717, 1.165) is 12.0 Å². The Morgan fingerprint density at radius 1 is 1.03 bits per heavy atom. The van der Waals surface area contributed by atoms with Crippen LogP contribution in [0.15, 0.2) is 53.4 Å². The predicted octanol–water partition coefficient (Wildman–Crippen LogP) is 3.75. The number of amides is 1. The molecule has 1 aliphatic rings. The first-order valence-corrected chi connectivity index (χ1v) is 11.2. The van der Waals surface area contributed by atoms with Gasteiger partial charge in [-0.3, -0.25) is 4.79 Å². The van der Waals surface area contributed by atoms with Crippen LogP contribution >= 0.6 is 0 Å². The number of carbonyl (C=O) groups excluding carboxylic acids is 1. The third-order valence-corrected chi connectivity index (χ3v) is 6.96. The number of nitrogens with zero attached hydrogens (tertiary/aromatic N) is 1. The highest BCUT2D eigenvalue weighted by Gasteiger charge is 2.31. The molecule has 156 valence electrons. The molecule has 1 fully saturated rings. The molecule has 1 aliphatic heterocycles. The minimum absolute atomic E-state index is 0.247. The molecule has 0 spiro atoms. The lowest BCUT2D eigenvalue weighted by Crippen LogP contribution is -2.42. The van der Waals surface area contributed by atoms with Gasteiger partial charge in [0, 0.05) is 31.5 Å². The van der Waals surface area contributed by atoms with Gasteiger partial charge in [0.15, 0.2) is 0 Å². The average Bonchev–Trinajstić information content (AvgIpc) is 2.68. The van der Waals surface area contributed by atoms with E-state index in [0.29, 0.717) is 42.8 Å². The Bertz CT molecular complexity index is 930. The van der Waals surface area contributed by atoms with Crippen LogP contribution < -0.4 is 5.32 Å². The summed E-state index contributed by atoms with van der Waals surface area (Å²) in [7, 11) is -1.90. The van der Waals surface area contributed by atoms with Crippen molar-refractivity contribution in [2.75, 3.05) is 25.5 Å². The second kappa shape index (κ2) is 9.07. The minimum Gasteiger partial charge on any atom is -0.380 e. The van der Waals surface area contributed by atoms with Gasteiger partial charge in [0.1, 0.15) is 0 Å². The molecule has 0 aromatic heterocycles. The maximum absolute atomic E-state index is 12.9. The first kappa shape index (κ1) is 21.5. The van der Waals surface area contributed by atoms with Crippen LogP contribution in [0.25, 0.3) is 0 Å². The van der Waals surface area contributed by atoms with E-state index in [9.17, 15) is 13.2 Å². The van der Waals surface area contributed by atoms with E-state index in [1.807, 2.05) is 12.1 Å². The van der Waals surface area contributed by atoms with Crippen LogP contribution in [-0.4, -0.2) is 38.8 Å². The van der Waals surface area contributed by atoms with Gasteiger partial charge >= 0.3 is 0 Å². The monoisotopic (exact) mass is 416 g/mol. The summed E-state index contributed by atoms with van der Waals surface area (Å²) in [5.74, 6) is 0.452. The van der Waals surface area contributed by atoms with Gasteiger partial charge in [-0.1, -0.05) is 26.0 Å². The number of rotatable bonds is 6. The van der Waals surface area contributed by atoms with Crippen molar-refractivity contribution in [3.63, 3.8) is 0 Å². The lowest BCUT2D eigenvalue weighted by molar-refractivity contribution is 0.102. The molecule has 1 N–H and O–H groups in total. The van der Waals surface area contributed by atoms with E-state index < -0.39 is 10.0 Å². The maximum Gasteiger partial charge on any atom is 0.255 e. The number of hydrogen-bond acceptors (Lipinski definition) is 4. The summed E-state index contributed by atoms with van der Waals surface area (Å²) in [6.07, 6.45) is 1.05. The van der Waals surface area contributed by atoms with E-state index in [1.54, 1.807) is 47.8 Å². The first-order valence-electron chi connectivity index (χ1n) is 9.79. The van der Waals surface area contributed by atoms with Crippen LogP contribution in [0.1, 0.15) is 36.2 Å². The number of sulfonamides is 1. The van der Waals surface area contributed by atoms with E-state index in [2.05, 4.69) is 19.2 Å². The fourth-order valence-corrected chi connectivity index (χ4v) is 5.46. The highest BCUT2D eigenvalue weighted by atomic mass is 32.2. The maximum atomic E-state index is 12.9. The Morgan fingerprint density at radius 2 is 1.62 bits per heavy atom. The molecule has 2 aromatic rings. The molecule has 0 radical (unpaired) electrons. The number of nitrogens with one attached hydrogen (secondary N) is 1. The lowest BCUT2D eigenvalue weighted by atomic mass is 9.94. The summed E-state index contributed by atoms with van der Waals surface area (Å²) in [6, 6.07) is 13.5. The topological polar surface area (TPSA) is 75.7 Å². The zero-order valence-electron chi connectivity index (χ0n) is 17.1. The van der Waals surface area contributed by atoms with Gasteiger partial charge < -0.3 is 10.1 Å². The smallest absolute Gasteiger partial charge is 0.255 e.